The first-order valence-electron chi connectivity index (χ1n) is 4.59. The minimum Gasteiger partial charge on any atom is -0.243 e. The largest absolute Gasteiger partial charge is 0.243 e. The van der Waals surface area contributed by atoms with Gasteiger partial charge < -0.3 is 0 Å². The van der Waals surface area contributed by atoms with Crippen LogP contribution in [0.3, 0.4) is 0 Å². The second-order valence-electron chi connectivity index (χ2n) is 3.18. The summed E-state index contributed by atoms with van der Waals surface area (Å²) in [5.41, 5.74) is 0.649. The van der Waals surface area contributed by atoms with Crippen molar-refractivity contribution >= 4 is 21.6 Å². The number of rotatable bonds is 4. The Morgan fingerprint density at radius 2 is 2.20 bits per heavy atom. The number of aromatic nitrogens is 1. The summed E-state index contributed by atoms with van der Waals surface area (Å²) in [7, 11) is -3.43. The van der Waals surface area contributed by atoms with Gasteiger partial charge in [-0.15, -0.1) is 0 Å². The van der Waals surface area contributed by atoms with E-state index in [4.69, 9.17) is 11.6 Å². The Labute approximate surface area is 94.7 Å². The van der Waals surface area contributed by atoms with Gasteiger partial charge in [-0.1, -0.05) is 18.5 Å². The summed E-state index contributed by atoms with van der Waals surface area (Å²) in [6.45, 7) is 4.03. The Balaban J connectivity index is 3.00. The van der Waals surface area contributed by atoms with E-state index in [-0.39, 0.29) is 4.90 Å². The van der Waals surface area contributed by atoms with E-state index in [1.165, 1.54) is 12.3 Å². The van der Waals surface area contributed by atoms with Gasteiger partial charge in [0.15, 0.2) is 0 Å². The van der Waals surface area contributed by atoms with Gasteiger partial charge in [0.1, 0.15) is 10.0 Å². The molecule has 1 heterocycles. The number of nitrogens with one attached hydrogen (secondary N) is 1. The molecule has 0 aromatic carbocycles. The lowest BCUT2D eigenvalue weighted by molar-refractivity contribution is 0.580. The van der Waals surface area contributed by atoms with Crippen molar-refractivity contribution in [2.24, 2.45) is 0 Å². The number of pyridine rings is 1. The van der Waals surface area contributed by atoms with Crippen molar-refractivity contribution in [3.63, 3.8) is 0 Å². The van der Waals surface area contributed by atoms with E-state index in [0.29, 0.717) is 17.3 Å². The van der Waals surface area contributed by atoms with Gasteiger partial charge in [-0.25, -0.2) is 18.1 Å². The lowest BCUT2D eigenvalue weighted by Crippen LogP contribution is -2.24. The number of nitrogens with zero attached hydrogens (tertiary/aromatic N) is 1. The number of sulfonamides is 1. The van der Waals surface area contributed by atoms with Crippen LogP contribution in [0.1, 0.15) is 18.9 Å². The highest BCUT2D eigenvalue weighted by Crippen LogP contribution is 2.15. The Kier molecular flexibility index (Phi) is 4.07. The highest BCUT2D eigenvalue weighted by Gasteiger charge is 2.14. The zero-order valence-electron chi connectivity index (χ0n) is 8.62. The molecule has 1 rings (SSSR count). The zero-order valence-corrected chi connectivity index (χ0v) is 10.2. The molecule has 1 aromatic heterocycles. The third-order valence-corrected chi connectivity index (χ3v) is 3.67. The van der Waals surface area contributed by atoms with Crippen LogP contribution in [-0.2, 0) is 10.0 Å². The molecule has 0 atom stereocenters. The molecule has 0 aliphatic heterocycles. The SMILES string of the molecule is CCCNS(=O)(=O)c1cnc(Cl)c(C)c1. The molecule has 84 valence electrons. The summed E-state index contributed by atoms with van der Waals surface area (Å²) >= 11 is 5.71. The smallest absolute Gasteiger partial charge is 0.242 e. The average Bonchev–Trinajstić information content (AvgIpc) is 2.19. The van der Waals surface area contributed by atoms with Gasteiger partial charge in [-0.05, 0) is 25.0 Å². The van der Waals surface area contributed by atoms with Crippen molar-refractivity contribution in [1.29, 1.82) is 0 Å². The predicted octanol–water partition coefficient (Wildman–Crippen LogP) is 1.73. The van der Waals surface area contributed by atoms with Crippen LogP contribution >= 0.6 is 11.6 Å². The topological polar surface area (TPSA) is 59.1 Å². The second kappa shape index (κ2) is 4.92. The van der Waals surface area contributed by atoms with E-state index in [1.807, 2.05) is 6.92 Å². The molecule has 15 heavy (non-hydrogen) atoms. The third kappa shape index (κ3) is 3.15. The maximum Gasteiger partial charge on any atom is 0.242 e. The first-order chi connectivity index (χ1) is 6.97. The molecule has 0 saturated heterocycles. The predicted molar refractivity (Wildman–Crippen MR) is 59.5 cm³/mol. The maximum absolute atomic E-state index is 11.7. The highest BCUT2D eigenvalue weighted by molar-refractivity contribution is 7.89. The van der Waals surface area contributed by atoms with E-state index in [9.17, 15) is 8.42 Å². The van der Waals surface area contributed by atoms with Crippen LogP contribution in [0.4, 0.5) is 0 Å². The van der Waals surface area contributed by atoms with E-state index >= 15 is 0 Å². The summed E-state index contributed by atoms with van der Waals surface area (Å²) in [5, 5.41) is 0.324. The fourth-order valence-corrected chi connectivity index (χ4v) is 2.27. The summed E-state index contributed by atoms with van der Waals surface area (Å²) in [5.74, 6) is 0. The lowest BCUT2D eigenvalue weighted by atomic mass is 10.3. The van der Waals surface area contributed by atoms with Crippen molar-refractivity contribution in [1.82, 2.24) is 9.71 Å². The van der Waals surface area contributed by atoms with Crippen LogP contribution in [0.2, 0.25) is 5.15 Å². The molecule has 1 aromatic rings. The van der Waals surface area contributed by atoms with Crippen LogP contribution in [0.25, 0.3) is 0 Å². The van der Waals surface area contributed by atoms with E-state index in [2.05, 4.69) is 9.71 Å². The zero-order chi connectivity index (χ0) is 11.5. The molecule has 0 aliphatic carbocycles. The molecule has 6 heteroatoms. The van der Waals surface area contributed by atoms with Crippen LogP contribution in [0.15, 0.2) is 17.2 Å². The van der Waals surface area contributed by atoms with Crippen LogP contribution in [-0.4, -0.2) is 19.9 Å². The average molecular weight is 249 g/mol. The maximum atomic E-state index is 11.7. The second-order valence-corrected chi connectivity index (χ2v) is 5.30. The van der Waals surface area contributed by atoms with Crippen molar-refractivity contribution in [3.8, 4) is 0 Å². The number of aryl methyl sites for hydroxylation is 1. The molecule has 0 aliphatic rings. The normalized spacial score (nSPS) is 11.7. The van der Waals surface area contributed by atoms with E-state index in [0.717, 1.165) is 6.42 Å². The minimum absolute atomic E-state index is 0.151. The third-order valence-electron chi connectivity index (χ3n) is 1.84. The molecule has 0 unspecified atom stereocenters. The number of halogens is 1. The highest BCUT2D eigenvalue weighted by atomic mass is 35.5. The first-order valence-corrected chi connectivity index (χ1v) is 6.45. The van der Waals surface area contributed by atoms with Gasteiger partial charge in [-0.3, -0.25) is 0 Å². The van der Waals surface area contributed by atoms with Gasteiger partial charge in [0, 0.05) is 12.7 Å². The molecule has 1 N–H and O–H groups in total. The quantitative estimate of drug-likeness (QED) is 0.826. The van der Waals surface area contributed by atoms with Gasteiger partial charge in [0.25, 0.3) is 0 Å². The molecule has 0 fully saturated rings. The number of hydrogen-bond donors (Lipinski definition) is 1. The molecule has 0 radical (unpaired) electrons. The molecule has 0 spiro atoms. The summed E-state index contributed by atoms with van der Waals surface area (Å²) < 4.78 is 25.8. The lowest BCUT2D eigenvalue weighted by Gasteiger charge is -2.06. The summed E-state index contributed by atoms with van der Waals surface area (Å²) in [6.07, 6.45) is 2.01. The first kappa shape index (κ1) is 12.4. The van der Waals surface area contributed by atoms with Gasteiger partial charge >= 0.3 is 0 Å². The molecule has 0 bridgehead atoms. The van der Waals surface area contributed by atoms with E-state index < -0.39 is 10.0 Å². The summed E-state index contributed by atoms with van der Waals surface area (Å²) in [4.78, 5) is 3.95. The van der Waals surface area contributed by atoms with Crippen molar-refractivity contribution in [2.75, 3.05) is 6.54 Å². The molecular weight excluding hydrogens is 236 g/mol. The Morgan fingerprint density at radius 3 is 2.73 bits per heavy atom. The monoisotopic (exact) mass is 248 g/mol. The van der Waals surface area contributed by atoms with Gasteiger partial charge in [0.2, 0.25) is 10.0 Å². The molecular formula is C9H13ClN2O2S. The minimum atomic E-state index is -3.43. The van der Waals surface area contributed by atoms with Crippen LogP contribution < -0.4 is 4.72 Å². The van der Waals surface area contributed by atoms with Crippen LogP contribution in [0, 0.1) is 6.92 Å². The fourth-order valence-electron chi connectivity index (χ4n) is 0.999. The fraction of sp³-hybridized carbons (Fsp3) is 0.444. The molecule has 0 saturated carbocycles. The van der Waals surface area contributed by atoms with Crippen molar-refractivity contribution < 1.29 is 8.42 Å². The Morgan fingerprint density at radius 1 is 1.53 bits per heavy atom. The standard InChI is InChI=1S/C9H13ClN2O2S/c1-3-4-12-15(13,14)8-5-7(2)9(10)11-6-8/h5-6,12H,3-4H2,1-2H3. The Bertz CT molecular complexity index is 445. The molecule has 0 amide bonds. The van der Waals surface area contributed by atoms with Crippen LogP contribution in [0.5, 0.6) is 0 Å². The van der Waals surface area contributed by atoms with Crippen molar-refractivity contribution in [2.45, 2.75) is 25.2 Å². The van der Waals surface area contributed by atoms with Gasteiger partial charge in [-0.2, -0.15) is 0 Å². The van der Waals surface area contributed by atoms with Crippen molar-refractivity contribution in [3.05, 3.63) is 23.0 Å². The van der Waals surface area contributed by atoms with Gasteiger partial charge in [0.05, 0.1) is 0 Å². The number of hydrogen-bond acceptors (Lipinski definition) is 3. The van der Waals surface area contributed by atoms with E-state index in [1.54, 1.807) is 6.92 Å². The Hall–Kier alpha value is -0.650. The molecule has 4 nitrogen and oxygen atoms in total. The summed E-state index contributed by atoms with van der Waals surface area (Å²) in [6, 6.07) is 1.51.